The van der Waals surface area contributed by atoms with Gasteiger partial charge in [-0.05, 0) is 39.2 Å². The molecule has 1 rings (SSSR count). The van der Waals surface area contributed by atoms with Crippen LogP contribution in [-0.2, 0) is 9.47 Å². The Balaban J connectivity index is 2.30. The van der Waals surface area contributed by atoms with Gasteiger partial charge in [0.15, 0.2) is 0 Å². The molecule has 0 aliphatic heterocycles. The van der Waals surface area contributed by atoms with E-state index in [0.717, 1.165) is 25.8 Å². The molecule has 0 bridgehead atoms. The van der Waals surface area contributed by atoms with Crippen LogP contribution in [-0.4, -0.2) is 32.0 Å². The molecular formula is C10H21NO2. The highest BCUT2D eigenvalue weighted by Gasteiger charge is 2.38. The predicted molar refractivity (Wildman–Crippen MR) is 52.7 cm³/mol. The second kappa shape index (κ2) is 4.94. The van der Waals surface area contributed by atoms with Gasteiger partial charge in [-0.25, -0.2) is 0 Å². The van der Waals surface area contributed by atoms with Crippen LogP contribution in [0.3, 0.4) is 0 Å². The molecule has 0 heterocycles. The van der Waals surface area contributed by atoms with Gasteiger partial charge < -0.3 is 15.2 Å². The topological polar surface area (TPSA) is 44.5 Å². The van der Waals surface area contributed by atoms with Crippen molar-refractivity contribution in [2.24, 2.45) is 5.73 Å². The lowest BCUT2D eigenvalue weighted by atomic mass is 9.77. The summed E-state index contributed by atoms with van der Waals surface area (Å²) in [6.07, 6.45) is 4.79. The second-order valence-electron chi connectivity index (χ2n) is 3.96. The first-order chi connectivity index (χ1) is 6.22. The third kappa shape index (κ3) is 2.93. The van der Waals surface area contributed by atoms with Crippen molar-refractivity contribution >= 4 is 0 Å². The number of rotatable bonds is 6. The van der Waals surface area contributed by atoms with Crippen molar-refractivity contribution in [3.8, 4) is 0 Å². The van der Waals surface area contributed by atoms with Gasteiger partial charge >= 0.3 is 0 Å². The summed E-state index contributed by atoms with van der Waals surface area (Å²) in [5, 5.41) is 0. The minimum atomic E-state index is 0.0900. The summed E-state index contributed by atoms with van der Waals surface area (Å²) in [6.45, 7) is 3.45. The Kier molecular flexibility index (Phi) is 4.16. The molecule has 0 aromatic heterocycles. The van der Waals surface area contributed by atoms with E-state index in [0.29, 0.717) is 6.61 Å². The van der Waals surface area contributed by atoms with E-state index < -0.39 is 0 Å². The minimum absolute atomic E-state index is 0.0900. The van der Waals surface area contributed by atoms with Crippen molar-refractivity contribution in [2.75, 3.05) is 20.3 Å². The van der Waals surface area contributed by atoms with Crippen LogP contribution < -0.4 is 5.73 Å². The predicted octanol–water partition coefficient (Wildman–Crippen LogP) is 1.31. The first kappa shape index (κ1) is 11.0. The fraction of sp³-hybridized carbons (Fsp3) is 1.00. The summed E-state index contributed by atoms with van der Waals surface area (Å²) >= 11 is 0. The number of hydrogen-bond acceptors (Lipinski definition) is 3. The molecule has 78 valence electrons. The van der Waals surface area contributed by atoms with Crippen molar-refractivity contribution in [3.63, 3.8) is 0 Å². The van der Waals surface area contributed by atoms with Crippen molar-refractivity contribution in [1.29, 1.82) is 0 Å². The number of methoxy groups -OCH3 is 1. The highest BCUT2D eigenvalue weighted by Crippen LogP contribution is 2.39. The molecule has 1 atom stereocenters. The Bertz CT molecular complexity index is 146. The van der Waals surface area contributed by atoms with E-state index in [9.17, 15) is 0 Å². The van der Waals surface area contributed by atoms with Crippen LogP contribution in [0, 0.1) is 0 Å². The molecule has 0 saturated heterocycles. The Hall–Kier alpha value is -0.120. The van der Waals surface area contributed by atoms with Gasteiger partial charge in [0.2, 0.25) is 0 Å². The lowest BCUT2D eigenvalue weighted by Crippen LogP contribution is -2.45. The van der Waals surface area contributed by atoms with E-state index in [1.165, 1.54) is 6.42 Å². The standard InChI is InChI=1S/C10H21NO2/c1-9(8-12-2)13-10(6-7-11)4-3-5-10/h9H,3-8,11H2,1-2H3. The van der Waals surface area contributed by atoms with Crippen LogP contribution in [0.1, 0.15) is 32.6 Å². The first-order valence-electron chi connectivity index (χ1n) is 5.09. The number of ether oxygens (including phenoxy) is 2. The quantitative estimate of drug-likeness (QED) is 0.682. The van der Waals surface area contributed by atoms with Crippen LogP contribution in [0.2, 0.25) is 0 Å². The highest BCUT2D eigenvalue weighted by atomic mass is 16.5. The van der Waals surface area contributed by atoms with Crippen molar-refractivity contribution in [3.05, 3.63) is 0 Å². The molecule has 0 aromatic rings. The second-order valence-corrected chi connectivity index (χ2v) is 3.96. The molecule has 1 unspecified atom stereocenters. The van der Waals surface area contributed by atoms with Crippen LogP contribution in [0.5, 0.6) is 0 Å². The molecule has 1 saturated carbocycles. The number of hydrogen-bond donors (Lipinski definition) is 1. The summed E-state index contributed by atoms with van der Waals surface area (Å²) in [5.41, 5.74) is 5.65. The van der Waals surface area contributed by atoms with Gasteiger partial charge in [-0.3, -0.25) is 0 Å². The van der Waals surface area contributed by atoms with Crippen molar-refractivity contribution < 1.29 is 9.47 Å². The summed E-state index contributed by atoms with van der Waals surface area (Å²) in [4.78, 5) is 0. The van der Waals surface area contributed by atoms with E-state index in [1.807, 2.05) is 0 Å². The van der Waals surface area contributed by atoms with Gasteiger partial charge in [0.1, 0.15) is 0 Å². The van der Waals surface area contributed by atoms with Gasteiger partial charge in [0, 0.05) is 7.11 Å². The van der Waals surface area contributed by atoms with E-state index >= 15 is 0 Å². The average molecular weight is 187 g/mol. The molecule has 3 heteroatoms. The Morgan fingerprint density at radius 3 is 2.54 bits per heavy atom. The zero-order valence-corrected chi connectivity index (χ0v) is 8.71. The summed E-state index contributed by atoms with van der Waals surface area (Å²) in [7, 11) is 1.70. The smallest absolute Gasteiger partial charge is 0.0787 e. The summed E-state index contributed by atoms with van der Waals surface area (Å²) in [5.74, 6) is 0. The van der Waals surface area contributed by atoms with Crippen molar-refractivity contribution in [1.82, 2.24) is 0 Å². The molecule has 1 fully saturated rings. The third-order valence-electron chi connectivity index (χ3n) is 2.72. The summed E-state index contributed by atoms with van der Waals surface area (Å²) < 4.78 is 11.0. The minimum Gasteiger partial charge on any atom is -0.382 e. The van der Waals surface area contributed by atoms with Crippen LogP contribution >= 0.6 is 0 Å². The maximum atomic E-state index is 5.95. The molecule has 0 amide bonds. The molecule has 3 nitrogen and oxygen atoms in total. The van der Waals surface area contributed by atoms with Gasteiger partial charge in [-0.2, -0.15) is 0 Å². The van der Waals surface area contributed by atoms with Gasteiger partial charge in [0.25, 0.3) is 0 Å². The fourth-order valence-electron chi connectivity index (χ4n) is 1.96. The average Bonchev–Trinajstić information content (AvgIpc) is 2.01. The number of nitrogens with two attached hydrogens (primary N) is 1. The highest BCUT2D eigenvalue weighted by molar-refractivity contribution is 4.90. The first-order valence-corrected chi connectivity index (χ1v) is 5.09. The molecule has 1 aliphatic rings. The van der Waals surface area contributed by atoms with E-state index in [4.69, 9.17) is 15.2 Å². The maximum absolute atomic E-state index is 5.95. The molecule has 1 aliphatic carbocycles. The van der Waals surface area contributed by atoms with Crippen molar-refractivity contribution in [2.45, 2.75) is 44.3 Å². The van der Waals surface area contributed by atoms with Gasteiger partial charge in [-0.1, -0.05) is 0 Å². The maximum Gasteiger partial charge on any atom is 0.0787 e. The third-order valence-corrected chi connectivity index (χ3v) is 2.72. The van der Waals surface area contributed by atoms with Crippen LogP contribution in [0.25, 0.3) is 0 Å². The Morgan fingerprint density at radius 2 is 2.15 bits per heavy atom. The van der Waals surface area contributed by atoms with E-state index in [-0.39, 0.29) is 11.7 Å². The van der Waals surface area contributed by atoms with Crippen LogP contribution in [0.4, 0.5) is 0 Å². The fourth-order valence-corrected chi connectivity index (χ4v) is 1.96. The van der Waals surface area contributed by atoms with Crippen LogP contribution in [0.15, 0.2) is 0 Å². The molecular weight excluding hydrogens is 166 g/mol. The SMILES string of the molecule is COCC(C)OC1(CCN)CCC1. The monoisotopic (exact) mass is 187 g/mol. The normalized spacial score (nSPS) is 22.4. The van der Waals surface area contributed by atoms with Gasteiger partial charge in [-0.15, -0.1) is 0 Å². The lowest BCUT2D eigenvalue weighted by molar-refractivity contribution is -0.150. The van der Waals surface area contributed by atoms with Gasteiger partial charge in [0.05, 0.1) is 18.3 Å². The molecule has 13 heavy (non-hydrogen) atoms. The molecule has 2 N–H and O–H groups in total. The molecule has 0 radical (unpaired) electrons. The zero-order chi connectivity index (χ0) is 9.73. The zero-order valence-electron chi connectivity index (χ0n) is 8.71. The lowest BCUT2D eigenvalue weighted by Gasteiger charge is -2.43. The largest absolute Gasteiger partial charge is 0.382 e. The Labute approximate surface area is 80.6 Å². The molecule has 0 aromatic carbocycles. The van der Waals surface area contributed by atoms with E-state index in [1.54, 1.807) is 7.11 Å². The van der Waals surface area contributed by atoms with E-state index in [2.05, 4.69) is 6.92 Å². The Morgan fingerprint density at radius 1 is 1.46 bits per heavy atom. The molecule has 0 spiro atoms. The summed E-state index contributed by atoms with van der Waals surface area (Å²) in [6, 6.07) is 0.